The Balaban J connectivity index is 1.88. The minimum atomic E-state index is -0.543. The van der Waals surface area contributed by atoms with Gasteiger partial charge < -0.3 is 10.5 Å². The first-order chi connectivity index (χ1) is 8.84. The third-order valence-electron chi connectivity index (χ3n) is 5.70. The Bertz CT molecular complexity index is 519. The molecule has 2 saturated carbocycles. The van der Waals surface area contributed by atoms with Crippen LogP contribution in [0.3, 0.4) is 0 Å². The number of hydrogen-bond acceptors (Lipinski definition) is 4. The van der Waals surface area contributed by atoms with E-state index in [0.717, 1.165) is 19.0 Å². The van der Waals surface area contributed by atoms with E-state index in [4.69, 9.17) is 10.5 Å². The van der Waals surface area contributed by atoms with Crippen molar-refractivity contribution in [2.24, 2.45) is 16.7 Å². The van der Waals surface area contributed by atoms with Gasteiger partial charge >= 0.3 is 0 Å². The van der Waals surface area contributed by atoms with Crippen LogP contribution in [-0.4, -0.2) is 16.1 Å². The van der Waals surface area contributed by atoms with Gasteiger partial charge in [0.25, 0.3) is 5.88 Å². The van der Waals surface area contributed by atoms with Crippen LogP contribution in [0.25, 0.3) is 0 Å². The second kappa shape index (κ2) is 3.81. The van der Waals surface area contributed by atoms with E-state index in [1.807, 2.05) is 0 Å². The molecular weight excluding hydrogens is 245 g/mol. The van der Waals surface area contributed by atoms with E-state index in [1.165, 1.54) is 6.42 Å². The van der Waals surface area contributed by atoms with Crippen molar-refractivity contribution in [3.8, 4) is 5.88 Å². The molecule has 3 unspecified atom stereocenters. The Hall–Kier alpha value is -1.39. The monoisotopic (exact) mass is 265 g/mol. The molecule has 0 saturated heterocycles. The quantitative estimate of drug-likeness (QED) is 0.893. The predicted molar refractivity (Wildman–Crippen MR) is 70.0 cm³/mol. The molecule has 19 heavy (non-hydrogen) atoms. The smallest absolute Gasteiger partial charge is 0.255 e. The maximum Gasteiger partial charge on any atom is 0.255 e. The molecule has 3 rings (SSSR count). The van der Waals surface area contributed by atoms with E-state index in [0.29, 0.717) is 5.92 Å². The first-order valence-electron chi connectivity index (χ1n) is 6.79. The summed E-state index contributed by atoms with van der Waals surface area (Å²) >= 11 is 0. The van der Waals surface area contributed by atoms with Gasteiger partial charge in [0, 0.05) is 5.41 Å². The summed E-state index contributed by atoms with van der Waals surface area (Å²) in [5.74, 6) is 0.133. The van der Waals surface area contributed by atoms with Crippen LogP contribution in [0.4, 0.5) is 10.3 Å². The Morgan fingerprint density at radius 1 is 1.42 bits per heavy atom. The lowest BCUT2D eigenvalue weighted by atomic mass is 9.70. The van der Waals surface area contributed by atoms with E-state index in [9.17, 15) is 4.39 Å². The van der Waals surface area contributed by atoms with Gasteiger partial charge in [-0.3, -0.25) is 0 Å². The van der Waals surface area contributed by atoms with Crippen LogP contribution in [0.5, 0.6) is 5.88 Å². The average Bonchev–Trinajstić information content (AvgIpc) is 2.67. The third-order valence-corrected chi connectivity index (χ3v) is 5.70. The molecule has 0 aliphatic heterocycles. The standard InChI is InChI=1S/C14H20FN3O/c1-13(2)8-4-5-14(13,3)10(6-8)19-11-9(15)7-17-12(16)18-11/h7-8,10H,4-6H2,1-3H3,(H2,16,17,18). The number of nitrogens with two attached hydrogens (primary N) is 1. The zero-order valence-corrected chi connectivity index (χ0v) is 11.6. The van der Waals surface area contributed by atoms with Gasteiger partial charge in [0.15, 0.2) is 0 Å². The molecule has 1 aromatic heterocycles. The van der Waals surface area contributed by atoms with Crippen molar-refractivity contribution >= 4 is 5.95 Å². The number of anilines is 1. The average molecular weight is 265 g/mol. The highest BCUT2D eigenvalue weighted by Crippen LogP contribution is 2.66. The number of rotatable bonds is 2. The van der Waals surface area contributed by atoms with E-state index < -0.39 is 5.82 Å². The lowest BCUT2D eigenvalue weighted by Crippen LogP contribution is -2.39. The van der Waals surface area contributed by atoms with Crippen LogP contribution in [0.15, 0.2) is 6.20 Å². The topological polar surface area (TPSA) is 61.0 Å². The van der Waals surface area contributed by atoms with Gasteiger partial charge in [0.1, 0.15) is 6.10 Å². The zero-order valence-electron chi connectivity index (χ0n) is 11.6. The third kappa shape index (κ3) is 1.63. The first-order valence-corrected chi connectivity index (χ1v) is 6.79. The van der Waals surface area contributed by atoms with E-state index in [1.54, 1.807) is 0 Å². The van der Waals surface area contributed by atoms with Crippen LogP contribution >= 0.6 is 0 Å². The Kier molecular flexibility index (Phi) is 2.53. The van der Waals surface area contributed by atoms with Gasteiger partial charge in [-0.15, -0.1) is 0 Å². The summed E-state index contributed by atoms with van der Waals surface area (Å²) in [5.41, 5.74) is 5.80. The summed E-state index contributed by atoms with van der Waals surface area (Å²) in [6, 6.07) is 0. The number of halogens is 1. The van der Waals surface area contributed by atoms with Crippen molar-refractivity contribution in [3.05, 3.63) is 12.0 Å². The number of fused-ring (bicyclic) bond motifs is 2. The molecule has 0 amide bonds. The summed E-state index contributed by atoms with van der Waals surface area (Å²) in [5, 5.41) is 0. The fraction of sp³-hybridized carbons (Fsp3) is 0.714. The summed E-state index contributed by atoms with van der Waals surface area (Å²) in [6.45, 7) is 6.82. The number of ether oxygens (including phenoxy) is 1. The minimum Gasteiger partial charge on any atom is -0.472 e. The number of hydrogen-bond donors (Lipinski definition) is 1. The molecule has 0 spiro atoms. The van der Waals surface area contributed by atoms with Crippen molar-refractivity contribution < 1.29 is 9.13 Å². The Labute approximate surface area is 112 Å². The molecule has 2 fully saturated rings. The molecule has 2 aliphatic rings. The number of nitrogens with zero attached hydrogens (tertiary/aromatic N) is 2. The van der Waals surface area contributed by atoms with Gasteiger partial charge in [-0.2, -0.15) is 9.37 Å². The highest BCUT2D eigenvalue weighted by atomic mass is 19.1. The van der Waals surface area contributed by atoms with Crippen LogP contribution in [0.1, 0.15) is 40.0 Å². The lowest BCUT2D eigenvalue weighted by Gasteiger charge is -2.38. The van der Waals surface area contributed by atoms with Crippen LogP contribution in [-0.2, 0) is 0 Å². The summed E-state index contributed by atoms with van der Waals surface area (Å²) < 4.78 is 19.5. The SMILES string of the molecule is CC1(C)C2CCC1(C)C(Oc1nc(N)ncc1F)C2. The molecule has 5 heteroatoms. The van der Waals surface area contributed by atoms with E-state index in [2.05, 4.69) is 30.7 Å². The number of nitrogen functional groups attached to an aromatic ring is 1. The normalized spacial score (nSPS) is 35.6. The van der Waals surface area contributed by atoms with E-state index in [-0.39, 0.29) is 28.8 Å². The Morgan fingerprint density at radius 3 is 2.74 bits per heavy atom. The maximum atomic E-state index is 13.7. The van der Waals surface area contributed by atoms with Gasteiger partial charge in [-0.05, 0) is 30.6 Å². The zero-order chi connectivity index (χ0) is 13.8. The number of aromatic nitrogens is 2. The molecule has 2 N–H and O–H groups in total. The summed E-state index contributed by atoms with van der Waals surface area (Å²) in [6.07, 6.45) is 4.39. The molecule has 0 aromatic carbocycles. The molecule has 0 radical (unpaired) electrons. The highest BCUT2D eigenvalue weighted by molar-refractivity contribution is 5.23. The molecule has 104 valence electrons. The largest absolute Gasteiger partial charge is 0.472 e. The van der Waals surface area contributed by atoms with Gasteiger partial charge in [0.2, 0.25) is 11.8 Å². The summed E-state index contributed by atoms with van der Waals surface area (Å²) in [4.78, 5) is 7.49. The second-order valence-corrected chi connectivity index (χ2v) is 6.60. The van der Waals surface area contributed by atoms with Gasteiger partial charge in [0.05, 0.1) is 6.20 Å². The minimum absolute atomic E-state index is 0.00468. The van der Waals surface area contributed by atoms with Gasteiger partial charge in [-0.25, -0.2) is 4.98 Å². The van der Waals surface area contributed by atoms with Crippen LogP contribution < -0.4 is 10.5 Å². The van der Waals surface area contributed by atoms with Crippen molar-refractivity contribution in [2.75, 3.05) is 5.73 Å². The lowest BCUT2D eigenvalue weighted by molar-refractivity contribution is 0.0247. The van der Waals surface area contributed by atoms with E-state index >= 15 is 0 Å². The molecule has 3 atom stereocenters. The molecular formula is C14H20FN3O. The van der Waals surface area contributed by atoms with Crippen molar-refractivity contribution in [2.45, 2.75) is 46.1 Å². The second-order valence-electron chi connectivity index (χ2n) is 6.60. The molecule has 2 bridgehead atoms. The van der Waals surface area contributed by atoms with Crippen LogP contribution in [0.2, 0.25) is 0 Å². The highest BCUT2D eigenvalue weighted by Gasteiger charge is 2.62. The first kappa shape index (κ1) is 12.6. The fourth-order valence-electron chi connectivity index (χ4n) is 3.89. The van der Waals surface area contributed by atoms with Crippen molar-refractivity contribution in [3.63, 3.8) is 0 Å². The Morgan fingerprint density at radius 2 is 2.16 bits per heavy atom. The molecule has 1 aromatic rings. The fourth-order valence-corrected chi connectivity index (χ4v) is 3.89. The van der Waals surface area contributed by atoms with Crippen molar-refractivity contribution in [1.82, 2.24) is 9.97 Å². The maximum absolute atomic E-state index is 13.7. The van der Waals surface area contributed by atoms with Gasteiger partial charge in [-0.1, -0.05) is 20.8 Å². The molecule has 4 nitrogen and oxygen atoms in total. The molecule has 2 aliphatic carbocycles. The molecule has 1 heterocycles. The summed E-state index contributed by atoms with van der Waals surface area (Å²) in [7, 11) is 0. The predicted octanol–water partition coefficient (Wildman–Crippen LogP) is 2.79. The van der Waals surface area contributed by atoms with Crippen LogP contribution in [0, 0.1) is 22.6 Å². The van der Waals surface area contributed by atoms with Crippen molar-refractivity contribution in [1.29, 1.82) is 0 Å².